The molecule has 1 unspecified atom stereocenters. The molecule has 2 heteroatoms. The van der Waals surface area contributed by atoms with Crippen LogP contribution in [-0.2, 0) is 15.0 Å². The van der Waals surface area contributed by atoms with Crippen molar-refractivity contribution in [2.75, 3.05) is 0 Å². The first-order valence-electron chi connectivity index (χ1n) is 6.39. The average Bonchev–Trinajstić information content (AvgIpc) is 2.56. The first-order valence-corrected chi connectivity index (χ1v) is 11.8. The van der Waals surface area contributed by atoms with E-state index in [0.29, 0.717) is 0 Å². The van der Waals surface area contributed by atoms with Gasteiger partial charge < -0.3 is 0 Å². The van der Waals surface area contributed by atoms with Crippen molar-refractivity contribution < 1.29 is 15.0 Å². The van der Waals surface area contributed by atoms with Gasteiger partial charge in [0, 0.05) is 0 Å². The monoisotopic (exact) mass is 370 g/mol. The zero-order valence-electron chi connectivity index (χ0n) is 11.1. The molecule has 0 radical (unpaired) electrons. The molecule has 1 atom stereocenters. The Balaban J connectivity index is 2.24. The Kier molecular flexibility index (Phi) is 4.13. The topological polar surface area (TPSA) is 0 Å². The maximum absolute atomic E-state index is 3.21. The number of hydrogen-bond acceptors (Lipinski definition) is 0. The number of benzene rings is 3. The summed E-state index contributed by atoms with van der Waals surface area (Å²) in [6.07, 6.45) is 0. The van der Waals surface area contributed by atoms with E-state index in [-0.39, 0.29) is 0 Å². The van der Waals surface area contributed by atoms with E-state index in [4.69, 9.17) is 0 Å². The van der Waals surface area contributed by atoms with Crippen molar-refractivity contribution in [2.45, 2.75) is 0 Å². The molecule has 0 saturated heterocycles. The van der Waals surface area contributed by atoms with Crippen molar-refractivity contribution in [3.63, 3.8) is 0 Å². The van der Waals surface area contributed by atoms with E-state index >= 15 is 0 Å². The summed E-state index contributed by atoms with van der Waals surface area (Å²) in [5, 5.41) is 0. The Hall–Kier alpha value is -1.25. The molecule has 3 rings (SSSR count). The van der Waals surface area contributed by atoms with E-state index in [9.17, 15) is 0 Å². The van der Waals surface area contributed by atoms with E-state index in [2.05, 4.69) is 98.4 Å². The molecular formula is C18H17PPd. The fourth-order valence-corrected chi connectivity index (χ4v) is 9.09. The second-order valence-corrected chi connectivity index (χ2v) is 12.7. The second-order valence-electron chi connectivity index (χ2n) is 4.29. The van der Waals surface area contributed by atoms with Crippen LogP contribution in [0.1, 0.15) is 0 Å². The molecule has 0 fully saturated rings. The van der Waals surface area contributed by atoms with Gasteiger partial charge in [-0.1, -0.05) is 0 Å². The summed E-state index contributed by atoms with van der Waals surface area (Å²) in [7, 11) is 3.21. The molecule has 0 saturated carbocycles. The zero-order chi connectivity index (χ0) is 13.8. The van der Waals surface area contributed by atoms with Crippen LogP contribution < -0.4 is 12.1 Å². The normalized spacial score (nSPS) is 12.1. The van der Waals surface area contributed by atoms with Crippen molar-refractivity contribution in [3.8, 4) is 0 Å². The summed E-state index contributed by atoms with van der Waals surface area (Å²) in [5.74, 6) is 0. The summed E-state index contributed by atoms with van der Waals surface area (Å²) < 4.78 is 4.29. The van der Waals surface area contributed by atoms with Gasteiger partial charge in [-0.05, 0) is 0 Å². The van der Waals surface area contributed by atoms with Gasteiger partial charge in [0.1, 0.15) is 0 Å². The minimum atomic E-state index is -2.10. The number of rotatable bonds is 3. The standard InChI is InChI=1S/3C6H5.H2P.Pd/c3*1-2-4-6-5-3-1;;/h3*1-5H;1H2;/q;;;-1;+1. The molecule has 0 aliphatic carbocycles. The van der Waals surface area contributed by atoms with E-state index in [1.165, 1.54) is 12.1 Å². The molecule has 3 aromatic rings. The van der Waals surface area contributed by atoms with E-state index < -0.39 is 15.0 Å². The van der Waals surface area contributed by atoms with Gasteiger partial charge in [-0.25, -0.2) is 0 Å². The molecule has 0 aliphatic rings. The van der Waals surface area contributed by atoms with Crippen LogP contribution in [0.15, 0.2) is 91.0 Å². The Morgan fingerprint density at radius 3 is 0.950 bits per heavy atom. The van der Waals surface area contributed by atoms with Crippen molar-refractivity contribution in [3.05, 3.63) is 91.0 Å². The van der Waals surface area contributed by atoms with Crippen LogP contribution in [0.4, 0.5) is 0 Å². The van der Waals surface area contributed by atoms with Crippen LogP contribution in [0, 0.1) is 0 Å². The Morgan fingerprint density at radius 2 is 0.700 bits per heavy atom. The van der Waals surface area contributed by atoms with Crippen LogP contribution in [0.5, 0.6) is 0 Å². The van der Waals surface area contributed by atoms with Gasteiger partial charge >= 0.3 is 126 Å². The Bertz CT molecular complexity index is 569. The molecule has 104 valence electrons. The third kappa shape index (κ3) is 2.50. The van der Waals surface area contributed by atoms with Gasteiger partial charge in [0.15, 0.2) is 0 Å². The third-order valence-corrected chi connectivity index (χ3v) is 12.5. The van der Waals surface area contributed by atoms with Crippen molar-refractivity contribution in [2.24, 2.45) is 0 Å². The second kappa shape index (κ2) is 6.03. The molecule has 0 nitrogen and oxygen atoms in total. The molecule has 0 aliphatic heterocycles. The predicted octanol–water partition coefficient (Wildman–Crippen LogP) is 2.91. The minimum absolute atomic E-state index is 1.43. The molecule has 0 N–H and O–H groups in total. The number of hydrogen-bond donors (Lipinski definition) is 0. The fraction of sp³-hybridized carbons (Fsp3) is 0. The Labute approximate surface area is 125 Å². The molecule has 0 heterocycles. The quantitative estimate of drug-likeness (QED) is 0.491. The summed E-state index contributed by atoms with van der Waals surface area (Å²) in [5.41, 5.74) is 0. The first-order chi connectivity index (χ1) is 9.82. The molecule has 0 spiro atoms. The van der Waals surface area contributed by atoms with E-state index in [0.717, 1.165) is 0 Å². The van der Waals surface area contributed by atoms with Crippen LogP contribution in [0.2, 0.25) is 0 Å². The van der Waals surface area contributed by atoms with Crippen molar-refractivity contribution in [1.29, 1.82) is 0 Å². The Morgan fingerprint density at radius 1 is 0.450 bits per heavy atom. The van der Waals surface area contributed by atoms with Gasteiger partial charge in [-0.15, -0.1) is 0 Å². The van der Waals surface area contributed by atoms with Gasteiger partial charge in [0.2, 0.25) is 0 Å². The maximum atomic E-state index is 3.21. The van der Waals surface area contributed by atoms with E-state index in [1.807, 2.05) is 0 Å². The molecule has 3 aromatic carbocycles. The predicted molar refractivity (Wildman–Crippen MR) is 87.9 cm³/mol. The third-order valence-electron chi connectivity index (χ3n) is 3.00. The zero-order valence-corrected chi connectivity index (χ0v) is 13.8. The van der Waals surface area contributed by atoms with Gasteiger partial charge in [-0.2, -0.15) is 0 Å². The molecule has 0 amide bonds. The van der Waals surface area contributed by atoms with Crippen molar-refractivity contribution >= 4 is 19.5 Å². The summed E-state index contributed by atoms with van der Waals surface area (Å²) in [6.45, 7) is 0. The van der Waals surface area contributed by atoms with Crippen LogP contribution in [0.3, 0.4) is 0 Å². The van der Waals surface area contributed by atoms with Crippen molar-refractivity contribution in [1.82, 2.24) is 0 Å². The summed E-state index contributed by atoms with van der Waals surface area (Å²) in [6, 6.07) is 32.6. The summed E-state index contributed by atoms with van der Waals surface area (Å²) >= 11 is -2.10. The van der Waals surface area contributed by atoms with E-state index in [1.54, 1.807) is 0 Å². The molecule has 20 heavy (non-hydrogen) atoms. The SMILES string of the molecule is [PH2][Pd]([c]1ccccc1)([c]1ccccc1)[c]1ccccc1. The van der Waals surface area contributed by atoms with Gasteiger partial charge in [0.25, 0.3) is 0 Å². The molecular weight excluding hydrogens is 354 g/mol. The first kappa shape index (κ1) is 13.7. The van der Waals surface area contributed by atoms with Gasteiger partial charge in [-0.3, -0.25) is 0 Å². The average molecular weight is 371 g/mol. The molecule has 0 bridgehead atoms. The fourth-order valence-electron chi connectivity index (χ4n) is 2.02. The van der Waals surface area contributed by atoms with Crippen LogP contribution in [0.25, 0.3) is 0 Å². The van der Waals surface area contributed by atoms with Gasteiger partial charge in [0.05, 0.1) is 0 Å². The van der Waals surface area contributed by atoms with Crippen LogP contribution in [-0.4, -0.2) is 0 Å². The molecule has 0 aromatic heterocycles. The summed E-state index contributed by atoms with van der Waals surface area (Å²) in [4.78, 5) is 0. The van der Waals surface area contributed by atoms with Crippen LogP contribution >= 0.6 is 7.43 Å².